The lowest BCUT2D eigenvalue weighted by Crippen LogP contribution is -2.42. The number of benzene rings is 5. The fourth-order valence-corrected chi connectivity index (χ4v) is 5.45. The minimum absolute atomic E-state index is 0.00847. The molecule has 0 bridgehead atoms. The molecule has 3 N–H and O–H groups in total. The summed E-state index contributed by atoms with van der Waals surface area (Å²) in [6.45, 7) is 2.81. The van der Waals surface area contributed by atoms with Gasteiger partial charge < -0.3 is 25.2 Å². The van der Waals surface area contributed by atoms with E-state index in [1.54, 1.807) is 66.7 Å². The number of fused-ring (bicyclic) bond motifs is 1. The fraction of sp³-hybridized carbons (Fsp3) is 0.220. The van der Waals surface area contributed by atoms with Gasteiger partial charge in [-0.1, -0.05) is 81.1 Å². The van der Waals surface area contributed by atoms with Crippen molar-refractivity contribution in [3.63, 3.8) is 0 Å². The molecule has 2 amide bonds. The Balaban J connectivity index is 1.11. The van der Waals surface area contributed by atoms with E-state index in [9.17, 15) is 24.3 Å². The molecule has 0 aliphatic rings. The maximum atomic E-state index is 13.0. The maximum absolute atomic E-state index is 13.0. The summed E-state index contributed by atoms with van der Waals surface area (Å²) in [7, 11) is 0. The topological polar surface area (TPSA) is 131 Å². The fourth-order valence-electron chi connectivity index (χ4n) is 5.45. The van der Waals surface area contributed by atoms with Crippen molar-refractivity contribution in [2.45, 2.75) is 51.5 Å². The predicted molar refractivity (Wildman–Crippen MR) is 193 cm³/mol. The van der Waals surface area contributed by atoms with Gasteiger partial charge >= 0.3 is 11.9 Å². The molecule has 0 aromatic heterocycles. The Morgan fingerprint density at radius 2 is 1.34 bits per heavy atom. The summed E-state index contributed by atoms with van der Waals surface area (Å²) < 4.78 is 11.2. The highest BCUT2D eigenvalue weighted by molar-refractivity contribution is 6.13. The standard InChI is InChI=1S/C41H40N2O7/c1-2-3-4-5-8-26-49-33-24-18-31(19-25-33)41(48)50-34-22-14-28(15-23-34)27-37(40(46)47)43-38(44)30-16-20-32(21-17-30)42-39(45)36-13-9-11-29-10-6-7-12-35(29)36/h6-7,9-25,37H,2-5,8,26-27H2,1H3,(H,42,45)(H,43,44)(H,46,47)/t37-/m0/s1. The van der Waals surface area contributed by atoms with Crippen LogP contribution in [-0.4, -0.2) is 41.5 Å². The van der Waals surface area contributed by atoms with E-state index < -0.39 is 23.9 Å². The maximum Gasteiger partial charge on any atom is 0.343 e. The number of ether oxygens (including phenoxy) is 2. The average molecular weight is 673 g/mol. The number of rotatable bonds is 16. The summed E-state index contributed by atoms with van der Waals surface area (Å²) in [6.07, 6.45) is 5.77. The number of nitrogens with one attached hydrogen (secondary N) is 2. The van der Waals surface area contributed by atoms with Crippen molar-refractivity contribution < 1.29 is 33.8 Å². The SMILES string of the molecule is CCCCCCCOc1ccc(C(=O)Oc2ccc(C[C@H](NC(=O)c3ccc(NC(=O)c4cccc5ccccc45)cc3)C(=O)O)cc2)cc1. The number of hydrogen-bond donors (Lipinski definition) is 3. The van der Waals surface area contributed by atoms with Gasteiger partial charge in [-0.05, 0) is 89.5 Å². The quantitative estimate of drug-likeness (QED) is 0.0549. The van der Waals surface area contributed by atoms with E-state index in [2.05, 4.69) is 17.6 Å². The molecule has 0 aliphatic heterocycles. The lowest BCUT2D eigenvalue weighted by atomic mass is 10.0. The van der Waals surface area contributed by atoms with Crippen LogP contribution in [0.4, 0.5) is 5.69 Å². The van der Waals surface area contributed by atoms with Crippen molar-refractivity contribution in [1.82, 2.24) is 5.32 Å². The van der Waals surface area contributed by atoms with Crippen LogP contribution in [0.1, 0.15) is 75.7 Å². The number of aliphatic carboxylic acids is 1. The van der Waals surface area contributed by atoms with Gasteiger partial charge in [-0.3, -0.25) is 9.59 Å². The smallest absolute Gasteiger partial charge is 0.343 e. The molecule has 256 valence electrons. The van der Waals surface area contributed by atoms with Crippen LogP contribution in [0, 0.1) is 0 Å². The van der Waals surface area contributed by atoms with E-state index in [0.717, 1.165) is 23.6 Å². The zero-order valence-electron chi connectivity index (χ0n) is 27.9. The number of carbonyl (C=O) groups excluding carboxylic acids is 3. The minimum atomic E-state index is -1.21. The Morgan fingerprint density at radius 3 is 2.06 bits per heavy atom. The molecule has 5 aromatic carbocycles. The summed E-state index contributed by atoms with van der Waals surface area (Å²) in [5.74, 6) is -1.59. The van der Waals surface area contributed by atoms with Crippen LogP contribution in [0.15, 0.2) is 115 Å². The van der Waals surface area contributed by atoms with Gasteiger partial charge in [0.05, 0.1) is 12.2 Å². The lowest BCUT2D eigenvalue weighted by molar-refractivity contribution is -0.139. The molecule has 0 spiro atoms. The minimum Gasteiger partial charge on any atom is -0.494 e. The van der Waals surface area contributed by atoms with Gasteiger partial charge in [-0.25, -0.2) is 9.59 Å². The van der Waals surface area contributed by atoms with Gasteiger partial charge in [0, 0.05) is 23.2 Å². The second-order valence-corrected chi connectivity index (χ2v) is 11.9. The van der Waals surface area contributed by atoms with Gasteiger partial charge in [0.25, 0.3) is 11.8 Å². The van der Waals surface area contributed by atoms with E-state index in [4.69, 9.17) is 9.47 Å². The molecule has 5 aromatic rings. The van der Waals surface area contributed by atoms with Crippen LogP contribution in [0.2, 0.25) is 0 Å². The van der Waals surface area contributed by atoms with E-state index in [1.165, 1.54) is 31.4 Å². The summed E-state index contributed by atoms with van der Waals surface area (Å²) in [5, 5.41) is 17.0. The summed E-state index contributed by atoms with van der Waals surface area (Å²) in [5.41, 5.74) is 2.26. The molecule has 9 nitrogen and oxygen atoms in total. The second-order valence-electron chi connectivity index (χ2n) is 11.9. The Morgan fingerprint density at radius 1 is 0.680 bits per heavy atom. The van der Waals surface area contributed by atoms with Crippen LogP contribution >= 0.6 is 0 Å². The van der Waals surface area contributed by atoms with Crippen molar-refractivity contribution in [3.05, 3.63) is 138 Å². The van der Waals surface area contributed by atoms with Crippen molar-refractivity contribution in [3.8, 4) is 11.5 Å². The summed E-state index contributed by atoms with van der Waals surface area (Å²) in [6, 6.07) is 31.4. The number of unbranched alkanes of at least 4 members (excludes halogenated alkanes) is 4. The molecule has 0 saturated carbocycles. The molecule has 0 heterocycles. The Kier molecular flexibility index (Phi) is 12.3. The van der Waals surface area contributed by atoms with Gasteiger partial charge in [0.15, 0.2) is 0 Å². The number of carboxylic acids is 1. The first-order chi connectivity index (χ1) is 24.3. The van der Waals surface area contributed by atoms with Crippen LogP contribution in [0.5, 0.6) is 11.5 Å². The number of carboxylic acid groups (broad SMARTS) is 1. The number of hydrogen-bond acceptors (Lipinski definition) is 6. The zero-order chi connectivity index (χ0) is 35.3. The van der Waals surface area contributed by atoms with E-state index in [-0.39, 0.29) is 17.9 Å². The number of esters is 1. The summed E-state index contributed by atoms with van der Waals surface area (Å²) >= 11 is 0. The van der Waals surface area contributed by atoms with Gasteiger partial charge in [-0.2, -0.15) is 0 Å². The third-order valence-corrected chi connectivity index (χ3v) is 8.22. The van der Waals surface area contributed by atoms with Gasteiger partial charge in [0.1, 0.15) is 17.5 Å². The highest BCUT2D eigenvalue weighted by atomic mass is 16.5. The largest absolute Gasteiger partial charge is 0.494 e. The molecule has 5 rings (SSSR count). The highest BCUT2D eigenvalue weighted by Crippen LogP contribution is 2.21. The van der Waals surface area contributed by atoms with Crippen molar-refractivity contribution in [1.29, 1.82) is 0 Å². The van der Waals surface area contributed by atoms with Gasteiger partial charge in [-0.15, -0.1) is 0 Å². The first-order valence-electron chi connectivity index (χ1n) is 16.8. The van der Waals surface area contributed by atoms with Crippen molar-refractivity contribution in [2.24, 2.45) is 0 Å². The third kappa shape index (κ3) is 9.79. The highest BCUT2D eigenvalue weighted by Gasteiger charge is 2.22. The first-order valence-corrected chi connectivity index (χ1v) is 16.8. The molecule has 9 heteroatoms. The molecule has 0 radical (unpaired) electrons. The van der Waals surface area contributed by atoms with E-state index >= 15 is 0 Å². The molecular weight excluding hydrogens is 632 g/mol. The first kappa shape index (κ1) is 35.3. The lowest BCUT2D eigenvalue weighted by Gasteiger charge is -2.15. The van der Waals surface area contributed by atoms with Crippen LogP contribution in [0.3, 0.4) is 0 Å². The molecule has 0 fully saturated rings. The van der Waals surface area contributed by atoms with Crippen molar-refractivity contribution in [2.75, 3.05) is 11.9 Å². The molecule has 0 aliphatic carbocycles. The molecule has 0 saturated heterocycles. The van der Waals surface area contributed by atoms with Crippen LogP contribution in [-0.2, 0) is 11.2 Å². The van der Waals surface area contributed by atoms with Crippen molar-refractivity contribution >= 4 is 40.2 Å². The molecular formula is C41H40N2O7. The molecule has 1 atom stereocenters. The monoisotopic (exact) mass is 672 g/mol. The number of amides is 2. The predicted octanol–water partition coefficient (Wildman–Crippen LogP) is 8.09. The van der Waals surface area contributed by atoms with E-state index in [1.807, 2.05) is 36.4 Å². The Hall–Kier alpha value is -5.96. The molecule has 50 heavy (non-hydrogen) atoms. The average Bonchev–Trinajstić information content (AvgIpc) is 3.13. The van der Waals surface area contributed by atoms with E-state index in [0.29, 0.717) is 40.5 Å². The third-order valence-electron chi connectivity index (χ3n) is 8.22. The van der Waals surface area contributed by atoms with Crippen LogP contribution < -0.4 is 20.1 Å². The normalized spacial score (nSPS) is 11.4. The van der Waals surface area contributed by atoms with Gasteiger partial charge in [0.2, 0.25) is 0 Å². The zero-order valence-corrected chi connectivity index (χ0v) is 27.9. The van der Waals surface area contributed by atoms with Crippen LogP contribution in [0.25, 0.3) is 10.8 Å². The Labute approximate surface area is 291 Å². The second kappa shape index (κ2) is 17.4. The number of anilines is 1. The Bertz CT molecular complexity index is 1920. The summed E-state index contributed by atoms with van der Waals surface area (Å²) in [4.78, 5) is 50.6. The molecule has 0 unspecified atom stereocenters. The number of carbonyl (C=O) groups is 4.